The number of halogens is 1. The number of hydrogen-bond acceptors (Lipinski definition) is 2. The molecule has 3 heteroatoms. The Balaban J connectivity index is 1.83. The van der Waals surface area contributed by atoms with E-state index in [1.165, 1.54) is 0 Å². The molecule has 4 aromatic carbocycles. The maximum absolute atomic E-state index is 13.3. The molecule has 1 aromatic heterocycles. The molecular formula is C27H15ClO2. The highest BCUT2D eigenvalue weighted by molar-refractivity contribution is 6.31. The minimum Gasteiger partial charge on any atom is -0.455 e. The van der Waals surface area contributed by atoms with E-state index in [1.54, 1.807) is 24.3 Å². The standard InChI is InChI=1S/C27H15ClO2/c28-21-13-14-25-23(17-21)26(29)24-16-19(12-11-18-7-3-1-4-8-18)15-22(27(24)30-25)20-9-5-2-6-10-20/h1-10,13-17H. The van der Waals surface area contributed by atoms with Crippen LogP contribution in [0, 0.1) is 11.8 Å². The number of rotatable bonds is 1. The lowest BCUT2D eigenvalue weighted by Crippen LogP contribution is -2.03. The quantitative estimate of drug-likeness (QED) is 0.230. The third-order valence-corrected chi connectivity index (χ3v) is 5.18. The van der Waals surface area contributed by atoms with Gasteiger partial charge in [0, 0.05) is 21.7 Å². The van der Waals surface area contributed by atoms with Crippen LogP contribution >= 0.6 is 11.6 Å². The first-order chi connectivity index (χ1) is 14.7. The van der Waals surface area contributed by atoms with Crippen molar-refractivity contribution >= 4 is 33.5 Å². The predicted molar refractivity (Wildman–Crippen MR) is 123 cm³/mol. The predicted octanol–water partition coefficient (Wildman–Crippen LogP) is 6.67. The summed E-state index contributed by atoms with van der Waals surface area (Å²) in [4.78, 5) is 13.3. The average Bonchev–Trinajstić information content (AvgIpc) is 2.79. The average molecular weight is 407 g/mol. The largest absolute Gasteiger partial charge is 0.455 e. The third kappa shape index (κ3) is 3.37. The van der Waals surface area contributed by atoms with Crippen molar-refractivity contribution in [3.8, 4) is 23.0 Å². The Morgan fingerprint density at radius 2 is 1.40 bits per heavy atom. The van der Waals surface area contributed by atoms with Crippen LogP contribution in [0.5, 0.6) is 0 Å². The summed E-state index contributed by atoms with van der Waals surface area (Å²) in [5, 5.41) is 1.45. The van der Waals surface area contributed by atoms with Crippen LogP contribution in [-0.2, 0) is 0 Å². The van der Waals surface area contributed by atoms with Crippen molar-refractivity contribution in [2.45, 2.75) is 0 Å². The molecule has 1 heterocycles. The molecule has 0 aliphatic heterocycles. The van der Waals surface area contributed by atoms with Crippen molar-refractivity contribution in [2.75, 3.05) is 0 Å². The van der Waals surface area contributed by atoms with Crippen LogP contribution in [0.4, 0.5) is 0 Å². The summed E-state index contributed by atoms with van der Waals surface area (Å²) in [5.41, 5.74) is 4.40. The summed E-state index contributed by atoms with van der Waals surface area (Å²) in [6.45, 7) is 0. The van der Waals surface area contributed by atoms with E-state index in [2.05, 4.69) is 11.8 Å². The maximum atomic E-state index is 13.3. The van der Waals surface area contributed by atoms with Crippen LogP contribution < -0.4 is 5.43 Å². The van der Waals surface area contributed by atoms with E-state index in [1.807, 2.05) is 66.7 Å². The molecule has 0 atom stereocenters. The van der Waals surface area contributed by atoms with E-state index in [9.17, 15) is 4.79 Å². The summed E-state index contributed by atoms with van der Waals surface area (Å²) >= 11 is 6.11. The van der Waals surface area contributed by atoms with E-state index in [-0.39, 0.29) is 5.43 Å². The maximum Gasteiger partial charge on any atom is 0.200 e. The molecule has 0 unspecified atom stereocenters. The molecule has 0 aliphatic rings. The number of hydrogen-bond donors (Lipinski definition) is 0. The normalized spacial score (nSPS) is 10.7. The van der Waals surface area contributed by atoms with Crippen LogP contribution in [0.2, 0.25) is 5.02 Å². The van der Waals surface area contributed by atoms with E-state index >= 15 is 0 Å². The SMILES string of the molecule is O=c1c2cc(Cl)ccc2oc2c(-c3ccccc3)cc(C#Cc3ccccc3)cc12. The zero-order valence-electron chi connectivity index (χ0n) is 15.9. The Kier molecular flexibility index (Phi) is 4.59. The van der Waals surface area contributed by atoms with Gasteiger partial charge in [0.25, 0.3) is 0 Å². The van der Waals surface area contributed by atoms with Gasteiger partial charge in [-0.2, -0.15) is 0 Å². The number of benzene rings is 4. The van der Waals surface area contributed by atoms with Crippen LogP contribution in [-0.4, -0.2) is 0 Å². The summed E-state index contributed by atoms with van der Waals surface area (Å²) in [5.74, 6) is 6.36. The molecule has 5 aromatic rings. The highest BCUT2D eigenvalue weighted by Gasteiger charge is 2.14. The van der Waals surface area contributed by atoms with Crippen molar-refractivity contribution in [2.24, 2.45) is 0 Å². The minimum atomic E-state index is -0.116. The molecule has 0 amide bonds. The summed E-state index contributed by atoms with van der Waals surface area (Å²) in [6, 6.07) is 28.5. The molecule has 0 saturated carbocycles. The van der Waals surface area contributed by atoms with E-state index in [0.717, 1.165) is 22.3 Å². The lowest BCUT2D eigenvalue weighted by Gasteiger charge is -2.09. The Morgan fingerprint density at radius 3 is 2.17 bits per heavy atom. The third-order valence-electron chi connectivity index (χ3n) is 4.94. The number of fused-ring (bicyclic) bond motifs is 2. The fourth-order valence-electron chi connectivity index (χ4n) is 3.50. The highest BCUT2D eigenvalue weighted by Crippen LogP contribution is 2.31. The second kappa shape index (κ2) is 7.55. The molecule has 0 N–H and O–H groups in total. The first-order valence-corrected chi connectivity index (χ1v) is 9.89. The van der Waals surface area contributed by atoms with Crippen molar-refractivity contribution in [1.82, 2.24) is 0 Å². The van der Waals surface area contributed by atoms with Crippen LogP contribution in [0.3, 0.4) is 0 Å². The van der Waals surface area contributed by atoms with Crippen LogP contribution in [0.25, 0.3) is 33.1 Å². The van der Waals surface area contributed by atoms with E-state index in [0.29, 0.717) is 27.0 Å². The zero-order valence-corrected chi connectivity index (χ0v) is 16.6. The molecule has 0 spiro atoms. The van der Waals surface area contributed by atoms with Gasteiger partial charge in [0.2, 0.25) is 5.43 Å². The molecule has 0 fully saturated rings. The van der Waals surface area contributed by atoms with Gasteiger partial charge in [-0.3, -0.25) is 4.79 Å². The molecular weight excluding hydrogens is 392 g/mol. The summed E-state index contributed by atoms with van der Waals surface area (Å²) < 4.78 is 6.18. The van der Waals surface area contributed by atoms with Gasteiger partial charge < -0.3 is 4.42 Å². The molecule has 0 aliphatic carbocycles. The molecule has 142 valence electrons. The highest BCUT2D eigenvalue weighted by atomic mass is 35.5. The Hall–Kier alpha value is -3.80. The van der Waals surface area contributed by atoms with Gasteiger partial charge in [0.15, 0.2) is 0 Å². The lowest BCUT2D eigenvalue weighted by atomic mass is 9.98. The molecule has 0 radical (unpaired) electrons. The van der Waals surface area contributed by atoms with Gasteiger partial charge >= 0.3 is 0 Å². The first-order valence-electron chi connectivity index (χ1n) is 9.52. The van der Waals surface area contributed by atoms with Crippen molar-refractivity contribution in [1.29, 1.82) is 0 Å². The van der Waals surface area contributed by atoms with E-state index in [4.69, 9.17) is 16.0 Å². The van der Waals surface area contributed by atoms with Gasteiger partial charge in [-0.25, -0.2) is 0 Å². The minimum absolute atomic E-state index is 0.116. The topological polar surface area (TPSA) is 30.2 Å². The Morgan fingerprint density at radius 1 is 0.700 bits per heavy atom. The van der Waals surface area contributed by atoms with Gasteiger partial charge in [-0.05, 0) is 48.0 Å². The molecule has 30 heavy (non-hydrogen) atoms. The fourth-order valence-corrected chi connectivity index (χ4v) is 3.67. The summed E-state index contributed by atoms with van der Waals surface area (Å²) in [7, 11) is 0. The lowest BCUT2D eigenvalue weighted by molar-refractivity contribution is 0.661. The van der Waals surface area contributed by atoms with Gasteiger partial charge in [-0.15, -0.1) is 0 Å². The molecule has 2 nitrogen and oxygen atoms in total. The second-order valence-electron chi connectivity index (χ2n) is 6.95. The Labute approximate surface area is 178 Å². The van der Waals surface area contributed by atoms with Crippen molar-refractivity contribution in [3.05, 3.63) is 117 Å². The molecule has 5 rings (SSSR count). The monoisotopic (exact) mass is 406 g/mol. The Bertz CT molecular complexity index is 1510. The molecule has 0 bridgehead atoms. The fraction of sp³-hybridized carbons (Fsp3) is 0. The second-order valence-corrected chi connectivity index (χ2v) is 7.39. The summed E-state index contributed by atoms with van der Waals surface area (Å²) in [6.07, 6.45) is 0. The smallest absolute Gasteiger partial charge is 0.200 e. The van der Waals surface area contributed by atoms with Gasteiger partial charge in [0.1, 0.15) is 11.2 Å². The molecule has 0 saturated heterocycles. The van der Waals surface area contributed by atoms with E-state index < -0.39 is 0 Å². The zero-order chi connectivity index (χ0) is 20.5. The van der Waals surface area contributed by atoms with Crippen LogP contribution in [0.15, 0.2) is 100 Å². The first kappa shape index (κ1) is 18.2. The van der Waals surface area contributed by atoms with Crippen LogP contribution in [0.1, 0.15) is 11.1 Å². The van der Waals surface area contributed by atoms with Crippen molar-refractivity contribution in [3.63, 3.8) is 0 Å². The van der Waals surface area contributed by atoms with Gasteiger partial charge in [0.05, 0.1) is 10.8 Å². The van der Waals surface area contributed by atoms with Gasteiger partial charge in [-0.1, -0.05) is 72.0 Å². The van der Waals surface area contributed by atoms with Crippen molar-refractivity contribution < 1.29 is 4.42 Å².